The van der Waals surface area contributed by atoms with E-state index in [9.17, 15) is 4.79 Å². The van der Waals surface area contributed by atoms with Crippen molar-refractivity contribution in [3.05, 3.63) is 95.6 Å². The van der Waals surface area contributed by atoms with Crippen LogP contribution in [0.5, 0.6) is 0 Å². The molecule has 0 radical (unpaired) electrons. The Hall–Kier alpha value is -3.11. The lowest BCUT2D eigenvalue weighted by Crippen LogP contribution is -2.53. The van der Waals surface area contributed by atoms with Gasteiger partial charge < -0.3 is 15.0 Å². The molecule has 1 heterocycles. The van der Waals surface area contributed by atoms with Crippen molar-refractivity contribution in [3.8, 4) is 11.1 Å². The first-order valence-electron chi connectivity index (χ1n) is 10.6. The summed E-state index contributed by atoms with van der Waals surface area (Å²) in [5.74, 6) is 0.0875. The van der Waals surface area contributed by atoms with Crippen LogP contribution < -0.4 is 5.32 Å². The van der Waals surface area contributed by atoms with Gasteiger partial charge in [-0.15, -0.1) is 0 Å². The molecule has 0 saturated carbocycles. The zero-order valence-electron chi connectivity index (χ0n) is 17.1. The number of rotatable bonds is 3. The fraction of sp³-hybridized carbons (Fsp3) is 0.269. The first kappa shape index (κ1) is 18.9. The highest BCUT2D eigenvalue weighted by atomic mass is 16.6. The summed E-state index contributed by atoms with van der Waals surface area (Å²) in [6, 6.07) is 27.3. The van der Waals surface area contributed by atoms with E-state index in [2.05, 4.69) is 72.9 Å². The van der Waals surface area contributed by atoms with Gasteiger partial charge in [-0.1, -0.05) is 78.9 Å². The number of nitrogens with zero attached hydrogens (tertiary/aromatic N) is 1. The fourth-order valence-electron chi connectivity index (χ4n) is 4.70. The number of hydrogen-bond donors (Lipinski definition) is 1. The fourth-order valence-corrected chi connectivity index (χ4v) is 4.70. The standard InChI is InChI=1S/C26H26N2O2/c1-18-15-27-25(19-9-3-2-4-10-19)16-28(18)26(29)30-17-24-22-13-7-5-11-20(22)21-12-6-8-14-23(21)24/h2-14,18,24-25,27H,15-17H2,1H3/t18-,25+/m1/s1. The SMILES string of the molecule is C[C@@H]1CN[C@H](c2ccccc2)CN1C(=O)OCC1c2ccccc2-c2ccccc21. The second-order valence-electron chi connectivity index (χ2n) is 8.18. The van der Waals surface area contributed by atoms with Gasteiger partial charge in [-0.25, -0.2) is 4.79 Å². The Labute approximate surface area is 177 Å². The molecule has 0 unspecified atom stereocenters. The van der Waals surface area contributed by atoms with E-state index >= 15 is 0 Å². The third kappa shape index (κ3) is 3.37. The van der Waals surface area contributed by atoms with Crippen LogP contribution in [0.3, 0.4) is 0 Å². The van der Waals surface area contributed by atoms with E-state index < -0.39 is 0 Å². The average molecular weight is 399 g/mol. The van der Waals surface area contributed by atoms with Crippen molar-refractivity contribution >= 4 is 6.09 Å². The maximum absolute atomic E-state index is 13.0. The first-order chi connectivity index (χ1) is 14.7. The van der Waals surface area contributed by atoms with E-state index in [1.807, 2.05) is 23.1 Å². The summed E-state index contributed by atoms with van der Waals surface area (Å²) in [7, 11) is 0. The lowest BCUT2D eigenvalue weighted by atomic mass is 9.98. The minimum atomic E-state index is -0.230. The zero-order valence-corrected chi connectivity index (χ0v) is 17.1. The molecule has 3 aromatic rings. The summed E-state index contributed by atoms with van der Waals surface area (Å²) in [6.45, 7) is 3.79. The van der Waals surface area contributed by atoms with Crippen molar-refractivity contribution in [1.29, 1.82) is 0 Å². The molecule has 1 fully saturated rings. The van der Waals surface area contributed by atoms with Gasteiger partial charge in [0.15, 0.2) is 0 Å². The van der Waals surface area contributed by atoms with Gasteiger partial charge in [0.2, 0.25) is 0 Å². The van der Waals surface area contributed by atoms with Crippen molar-refractivity contribution in [2.75, 3.05) is 19.7 Å². The van der Waals surface area contributed by atoms with Crippen molar-refractivity contribution in [3.63, 3.8) is 0 Å². The van der Waals surface area contributed by atoms with Crippen LogP contribution in [-0.4, -0.2) is 36.7 Å². The molecule has 30 heavy (non-hydrogen) atoms. The lowest BCUT2D eigenvalue weighted by molar-refractivity contribution is 0.0700. The molecule has 0 spiro atoms. The number of ether oxygens (including phenoxy) is 1. The highest BCUT2D eigenvalue weighted by Gasteiger charge is 2.33. The normalized spacial score (nSPS) is 20.5. The molecule has 0 bridgehead atoms. The number of benzene rings is 3. The molecule has 152 valence electrons. The monoisotopic (exact) mass is 398 g/mol. The van der Waals surface area contributed by atoms with E-state index in [-0.39, 0.29) is 24.1 Å². The molecule has 5 rings (SSSR count). The average Bonchev–Trinajstić information content (AvgIpc) is 3.12. The van der Waals surface area contributed by atoms with Crippen LogP contribution in [0.2, 0.25) is 0 Å². The summed E-state index contributed by atoms with van der Waals surface area (Å²) in [4.78, 5) is 14.9. The third-order valence-corrected chi connectivity index (χ3v) is 6.34. The Morgan fingerprint density at radius 2 is 1.53 bits per heavy atom. The van der Waals surface area contributed by atoms with Crippen LogP contribution in [0.4, 0.5) is 4.79 Å². The van der Waals surface area contributed by atoms with E-state index in [4.69, 9.17) is 4.74 Å². The molecule has 1 amide bonds. The number of carbonyl (C=O) groups is 1. The van der Waals surface area contributed by atoms with Crippen molar-refractivity contribution in [2.45, 2.75) is 24.9 Å². The van der Waals surface area contributed by atoms with E-state index in [0.29, 0.717) is 13.2 Å². The molecule has 1 aliphatic heterocycles. The minimum Gasteiger partial charge on any atom is -0.448 e. The molecular formula is C26H26N2O2. The van der Waals surface area contributed by atoms with Crippen LogP contribution in [0.15, 0.2) is 78.9 Å². The number of fused-ring (bicyclic) bond motifs is 3. The first-order valence-corrected chi connectivity index (χ1v) is 10.6. The predicted molar refractivity (Wildman–Crippen MR) is 118 cm³/mol. The van der Waals surface area contributed by atoms with Gasteiger partial charge in [-0.2, -0.15) is 0 Å². The summed E-state index contributed by atoms with van der Waals surface area (Å²) >= 11 is 0. The largest absolute Gasteiger partial charge is 0.448 e. The number of amides is 1. The summed E-state index contributed by atoms with van der Waals surface area (Å²) in [5.41, 5.74) is 6.16. The number of nitrogens with one attached hydrogen (secondary N) is 1. The highest BCUT2D eigenvalue weighted by Crippen LogP contribution is 2.44. The van der Waals surface area contributed by atoms with Gasteiger partial charge in [0, 0.05) is 25.0 Å². The molecular weight excluding hydrogens is 372 g/mol. The van der Waals surface area contributed by atoms with Crippen LogP contribution in [0.1, 0.15) is 35.6 Å². The van der Waals surface area contributed by atoms with Crippen molar-refractivity contribution in [1.82, 2.24) is 10.2 Å². The maximum Gasteiger partial charge on any atom is 0.410 e. The molecule has 4 nitrogen and oxygen atoms in total. The van der Waals surface area contributed by atoms with E-state index in [1.165, 1.54) is 27.8 Å². The quantitative estimate of drug-likeness (QED) is 0.677. The topological polar surface area (TPSA) is 41.6 Å². The van der Waals surface area contributed by atoms with E-state index in [1.54, 1.807) is 0 Å². The van der Waals surface area contributed by atoms with Crippen molar-refractivity contribution < 1.29 is 9.53 Å². The smallest absolute Gasteiger partial charge is 0.410 e. The molecule has 1 saturated heterocycles. The molecule has 3 aromatic carbocycles. The molecule has 0 aromatic heterocycles. The maximum atomic E-state index is 13.0. The van der Waals surface area contributed by atoms with Gasteiger partial charge in [0.05, 0.1) is 6.04 Å². The van der Waals surface area contributed by atoms with Gasteiger partial charge >= 0.3 is 6.09 Å². The number of hydrogen-bond acceptors (Lipinski definition) is 3. The molecule has 2 atom stereocenters. The Bertz CT molecular complexity index is 1000. The predicted octanol–water partition coefficient (Wildman–Crippen LogP) is 4.97. The highest BCUT2D eigenvalue weighted by molar-refractivity contribution is 5.79. The summed E-state index contributed by atoms with van der Waals surface area (Å²) in [5, 5.41) is 3.54. The summed E-state index contributed by atoms with van der Waals surface area (Å²) in [6.07, 6.45) is -0.230. The lowest BCUT2D eigenvalue weighted by Gasteiger charge is -2.38. The van der Waals surface area contributed by atoms with Crippen LogP contribution >= 0.6 is 0 Å². The van der Waals surface area contributed by atoms with E-state index in [0.717, 1.165) is 6.54 Å². The zero-order chi connectivity index (χ0) is 20.5. The number of carbonyl (C=O) groups excluding carboxylic acids is 1. The molecule has 1 aliphatic carbocycles. The second kappa shape index (κ2) is 7.96. The molecule has 4 heteroatoms. The van der Waals surface area contributed by atoms with Gasteiger partial charge in [-0.3, -0.25) is 0 Å². The Morgan fingerprint density at radius 3 is 2.20 bits per heavy atom. The minimum absolute atomic E-state index is 0.0875. The van der Waals surface area contributed by atoms with Gasteiger partial charge in [-0.05, 0) is 34.7 Å². The van der Waals surface area contributed by atoms with Crippen molar-refractivity contribution in [2.24, 2.45) is 0 Å². The molecule has 2 aliphatic rings. The van der Waals surface area contributed by atoms with Crippen LogP contribution in [-0.2, 0) is 4.74 Å². The second-order valence-corrected chi connectivity index (χ2v) is 8.18. The van der Waals surface area contributed by atoms with Gasteiger partial charge in [0.1, 0.15) is 6.61 Å². The van der Waals surface area contributed by atoms with Crippen LogP contribution in [0.25, 0.3) is 11.1 Å². The molecule has 1 N–H and O–H groups in total. The summed E-state index contributed by atoms with van der Waals surface area (Å²) < 4.78 is 5.89. The Morgan fingerprint density at radius 1 is 0.933 bits per heavy atom. The number of piperazine rings is 1. The van der Waals surface area contributed by atoms with Crippen LogP contribution in [0, 0.1) is 0 Å². The third-order valence-electron chi connectivity index (χ3n) is 6.34. The van der Waals surface area contributed by atoms with Gasteiger partial charge in [0.25, 0.3) is 0 Å². The Balaban J connectivity index is 1.31. The Kier molecular flexibility index (Phi) is 5.01.